The number of anilines is 1. The van der Waals surface area contributed by atoms with Crippen molar-refractivity contribution in [1.29, 1.82) is 0 Å². The highest BCUT2D eigenvalue weighted by Crippen LogP contribution is 2.32. The van der Waals surface area contributed by atoms with Gasteiger partial charge in [0.05, 0.1) is 30.8 Å². The second-order valence-electron chi connectivity index (χ2n) is 10.9. The molecule has 0 unspecified atom stereocenters. The Morgan fingerprint density at radius 2 is 1.53 bits per heavy atom. The van der Waals surface area contributed by atoms with E-state index in [4.69, 9.17) is 14.2 Å². The molecule has 3 aromatic carbocycles. The number of benzene rings is 3. The number of rotatable bonds is 6. The molecule has 2 N–H and O–H groups in total. The van der Waals surface area contributed by atoms with E-state index in [0.29, 0.717) is 17.0 Å². The van der Waals surface area contributed by atoms with Gasteiger partial charge in [0.25, 0.3) is 0 Å². The largest absolute Gasteiger partial charge is 0.497 e. The van der Waals surface area contributed by atoms with Gasteiger partial charge in [0, 0.05) is 12.2 Å². The lowest BCUT2D eigenvalue weighted by atomic mass is 10.0. The summed E-state index contributed by atoms with van der Waals surface area (Å²) in [5.41, 5.74) is -0.350. The third-order valence-electron chi connectivity index (χ3n) is 6.46. The molecule has 228 valence electrons. The van der Waals surface area contributed by atoms with Crippen LogP contribution in [0.5, 0.6) is 5.75 Å². The maximum atomic E-state index is 13.2. The Hall–Kier alpha value is -4.74. The molecule has 12 heteroatoms. The maximum Gasteiger partial charge on any atom is 0.416 e. The molecule has 3 aromatic rings. The highest BCUT2D eigenvalue weighted by Gasteiger charge is 2.40. The topological polar surface area (TPSA) is 106 Å². The predicted molar refractivity (Wildman–Crippen MR) is 153 cm³/mol. The summed E-state index contributed by atoms with van der Waals surface area (Å²) in [5, 5.41) is 5.44. The van der Waals surface area contributed by atoms with Gasteiger partial charge in [-0.2, -0.15) is 13.2 Å². The van der Waals surface area contributed by atoms with Crippen LogP contribution in [0, 0.1) is 0 Å². The van der Waals surface area contributed by atoms with Crippen LogP contribution in [-0.4, -0.2) is 60.9 Å². The Bertz CT molecular complexity index is 1470. The standard InChI is InChI=1S/C31H32F3N3O6/c1-30(2,3)43-29(40)37-17-25(36-28(39)35-23-11-13-24(41-4)14-12-23)26(18-37)42-27(38)21-9-5-7-19(15-21)20-8-6-10-22(16-20)31(32,33)34/h5-16,25-26H,17-18H2,1-4H3,(H2,35,36,39)/t25-,26-/m0/s1. The number of urea groups is 1. The fraction of sp³-hybridized carbons (Fsp3) is 0.323. The van der Waals surface area contributed by atoms with Crippen LogP contribution in [0.25, 0.3) is 11.1 Å². The van der Waals surface area contributed by atoms with E-state index in [1.54, 1.807) is 51.1 Å². The van der Waals surface area contributed by atoms with E-state index in [2.05, 4.69) is 10.6 Å². The molecule has 43 heavy (non-hydrogen) atoms. The molecular weight excluding hydrogens is 567 g/mol. The number of alkyl halides is 3. The molecule has 1 aliphatic rings. The summed E-state index contributed by atoms with van der Waals surface area (Å²) >= 11 is 0. The minimum atomic E-state index is -4.52. The van der Waals surface area contributed by atoms with E-state index >= 15 is 0 Å². The number of carbonyl (C=O) groups excluding carboxylic acids is 3. The molecule has 1 fully saturated rings. The van der Waals surface area contributed by atoms with E-state index in [1.165, 1.54) is 42.3 Å². The molecule has 0 bridgehead atoms. The van der Waals surface area contributed by atoms with Crippen molar-refractivity contribution < 1.29 is 41.8 Å². The lowest BCUT2D eigenvalue weighted by Crippen LogP contribution is -2.46. The van der Waals surface area contributed by atoms with Gasteiger partial charge >= 0.3 is 24.3 Å². The second kappa shape index (κ2) is 12.6. The van der Waals surface area contributed by atoms with E-state index in [9.17, 15) is 27.6 Å². The number of hydrogen-bond acceptors (Lipinski definition) is 6. The molecule has 1 heterocycles. The zero-order valence-corrected chi connectivity index (χ0v) is 24.0. The Morgan fingerprint density at radius 3 is 2.16 bits per heavy atom. The van der Waals surface area contributed by atoms with Gasteiger partial charge in [0.15, 0.2) is 0 Å². The summed E-state index contributed by atoms with van der Waals surface area (Å²) < 4.78 is 56.0. The number of ether oxygens (including phenoxy) is 3. The van der Waals surface area contributed by atoms with Gasteiger partial charge in [0.1, 0.15) is 17.5 Å². The van der Waals surface area contributed by atoms with Gasteiger partial charge in [-0.25, -0.2) is 14.4 Å². The summed E-state index contributed by atoms with van der Waals surface area (Å²) in [6.07, 6.45) is -6.10. The zero-order chi connectivity index (χ0) is 31.4. The first-order valence-electron chi connectivity index (χ1n) is 13.4. The third-order valence-corrected chi connectivity index (χ3v) is 6.46. The smallest absolute Gasteiger partial charge is 0.416 e. The Morgan fingerprint density at radius 1 is 0.884 bits per heavy atom. The van der Waals surface area contributed by atoms with Crippen molar-refractivity contribution in [2.75, 3.05) is 25.5 Å². The number of hydrogen-bond donors (Lipinski definition) is 2. The number of amides is 3. The Balaban J connectivity index is 1.51. The van der Waals surface area contributed by atoms with Gasteiger partial charge in [-0.15, -0.1) is 0 Å². The molecule has 0 aromatic heterocycles. The van der Waals surface area contributed by atoms with Crippen molar-refractivity contribution in [2.24, 2.45) is 0 Å². The first-order chi connectivity index (χ1) is 20.2. The van der Waals surface area contributed by atoms with Crippen LogP contribution in [0.2, 0.25) is 0 Å². The number of nitrogens with one attached hydrogen (secondary N) is 2. The van der Waals surface area contributed by atoms with Crippen LogP contribution < -0.4 is 15.4 Å². The zero-order valence-electron chi connectivity index (χ0n) is 24.0. The highest BCUT2D eigenvalue weighted by atomic mass is 19.4. The average molecular weight is 600 g/mol. The van der Waals surface area contributed by atoms with Crippen molar-refractivity contribution in [3.8, 4) is 16.9 Å². The molecule has 0 spiro atoms. The van der Waals surface area contributed by atoms with Crippen LogP contribution in [0.1, 0.15) is 36.7 Å². The quantitative estimate of drug-likeness (QED) is 0.320. The van der Waals surface area contributed by atoms with Crippen molar-refractivity contribution >= 4 is 23.8 Å². The average Bonchev–Trinajstić information content (AvgIpc) is 3.34. The first-order valence-corrected chi connectivity index (χ1v) is 13.4. The maximum absolute atomic E-state index is 13.2. The minimum Gasteiger partial charge on any atom is -0.497 e. The van der Waals surface area contributed by atoms with Crippen molar-refractivity contribution in [1.82, 2.24) is 10.2 Å². The number of nitrogens with zero attached hydrogens (tertiary/aromatic N) is 1. The highest BCUT2D eigenvalue weighted by molar-refractivity contribution is 5.92. The number of likely N-dealkylation sites (tertiary alicyclic amines) is 1. The predicted octanol–water partition coefficient (Wildman–Crippen LogP) is 6.35. The van der Waals surface area contributed by atoms with E-state index < -0.39 is 47.6 Å². The fourth-order valence-corrected chi connectivity index (χ4v) is 4.42. The third kappa shape index (κ3) is 8.40. The van der Waals surface area contributed by atoms with Crippen LogP contribution in [0.3, 0.4) is 0 Å². The van der Waals surface area contributed by atoms with Crippen molar-refractivity contribution in [3.63, 3.8) is 0 Å². The molecule has 9 nitrogen and oxygen atoms in total. The molecule has 1 aliphatic heterocycles. The Labute approximate surface area is 246 Å². The van der Waals surface area contributed by atoms with Crippen LogP contribution >= 0.6 is 0 Å². The SMILES string of the molecule is COc1ccc(NC(=O)N[C@H]2CN(C(=O)OC(C)(C)C)C[C@@H]2OC(=O)c2cccc(-c3cccc(C(F)(F)F)c3)c2)cc1. The van der Waals surface area contributed by atoms with E-state index in [1.807, 2.05) is 0 Å². The number of methoxy groups -OCH3 is 1. The van der Waals surface area contributed by atoms with Gasteiger partial charge in [-0.1, -0.05) is 24.3 Å². The van der Waals surface area contributed by atoms with Crippen LogP contribution in [0.15, 0.2) is 72.8 Å². The van der Waals surface area contributed by atoms with Crippen molar-refractivity contribution in [2.45, 2.75) is 44.7 Å². The fourth-order valence-electron chi connectivity index (χ4n) is 4.42. The van der Waals surface area contributed by atoms with Gasteiger partial charge < -0.3 is 29.7 Å². The van der Waals surface area contributed by atoms with E-state index in [0.717, 1.165) is 12.1 Å². The molecule has 2 atom stereocenters. The molecule has 1 saturated heterocycles. The lowest BCUT2D eigenvalue weighted by Gasteiger charge is -2.24. The van der Waals surface area contributed by atoms with Gasteiger partial charge in [-0.05, 0) is 80.4 Å². The number of halogens is 3. The molecule has 0 radical (unpaired) electrons. The van der Waals surface area contributed by atoms with Crippen molar-refractivity contribution in [3.05, 3.63) is 83.9 Å². The molecule has 3 amide bonds. The summed E-state index contributed by atoms with van der Waals surface area (Å²) in [5.74, 6) is -0.161. The summed E-state index contributed by atoms with van der Waals surface area (Å²) in [4.78, 5) is 40.2. The minimum absolute atomic E-state index is 0.00711. The number of carbonyl (C=O) groups is 3. The van der Waals surface area contributed by atoms with Crippen LogP contribution in [0.4, 0.5) is 28.4 Å². The second-order valence-corrected chi connectivity index (χ2v) is 10.9. The first kappa shape index (κ1) is 31.2. The summed E-state index contributed by atoms with van der Waals surface area (Å²) in [7, 11) is 1.52. The molecular formula is C31H32F3N3O6. The Kier molecular flexibility index (Phi) is 9.17. The van der Waals surface area contributed by atoms with Gasteiger partial charge in [0.2, 0.25) is 0 Å². The van der Waals surface area contributed by atoms with Crippen LogP contribution in [-0.2, 0) is 15.7 Å². The normalized spacial score (nSPS) is 16.8. The molecule has 0 saturated carbocycles. The lowest BCUT2D eigenvalue weighted by molar-refractivity contribution is -0.137. The van der Waals surface area contributed by atoms with Gasteiger partial charge in [-0.3, -0.25) is 0 Å². The number of esters is 1. The summed E-state index contributed by atoms with van der Waals surface area (Å²) in [6, 6.07) is 16.1. The molecule has 0 aliphatic carbocycles. The van der Waals surface area contributed by atoms with E-state index in [-0.39, 0.29) is 24.2 Å². The molecule has 4 rings (SSSR count). The summed E-state index contributed by atoms with van der Waals surface area (Å²) in [6.45, 7) is 5.10. The monoisotopic (exact) mass is 599 g/mol.